The van der Waals surface area contributed by atoms with Crippen LogP contribution in [0.1, 0.15) is 34.6 Å². The molecule has 2 aromatic carbocycles. The number of carbonyl (C=O) groups is 2. The van der Waals surface area contributed by atoms with Gasteiger partial charge in [0.05, 0.1) is 11.7 Å². The van der Waals surface area contributed by atoms with Crippen LogP contribution >= 0.6 is 0 Å². The number of hydrogen-bond donors (Lipinski definition) is 2. The second kappa shape index (κ2) is 6.22. The Bertz CT molecular complexity index is 1020. The summed E-state index contributed by atoms with van der Waals surface area (Å²) in [6.07, 6.45) is 0. The number of anilines is 1. The summed E-state index contributed by atoms with van der Waals surface area (Å²) in [5.74, 6) is 0.787. The van der Waals surface area contributed by atoms with Gasteiger partial charge in [-0.05, 0) is 38.1 Å². The van der Waals surface area contributed by atoms with E-state index in [-0.39, 0.29) is 24.5 Å². The molecule has 6 heteroatoms. The van der Waals surface area contributed by atoms with Crippen LogP contribution in [0.2, 0.25) is 0 Å². The van der Waals surface area contributed by atoms with Crippen molar-refractivity contribution in [1.82, 2.24) is 5.32 Å². The van der Waals surface area contributed by atoms with Crippen LogP contribution in [0.25, 0.3) is 11.0 Å². The van der Waals surface area contributed by atoms with Crippen molar-refractivity contribution in [2.24, 2.45) is 0 Å². The van der Waals surface area contributed by atoms with Crippen LogP contribution in [0.4, 0.5) is 5.69 Å². The Kier molecular flexibility index (Phi) is 3.88. The van der Waals surface area contributed by atoms with Gasteiger partial charge in [0.25, 0.3) is 11.8 Å². The van der Waals surface area contributed by atoms with Crippen molar-refractivity contribution in [3.05, 3.63) is 59.4 Å². The van der Waals surface area contributed by atoms with Crippen LogP contribution in [-0.2, 0) is 4.79 Å². The van der Waals surface area contributed by atoms with E-state index in [1.165, 1.54) is 0 Å². The molecule has 2 heterocycles. The largest absolute Gasteiger partial charge is 0.482 e. The van der Waals surface area contributed by atoms with Crippen molar-refractivity contribution in [3.63, 3.8) is 0 Å². The molecule has 1 atom stereocenters. The monoisotopic (exact) mass is 350 g/mol. The van der Waals surface area contributed by atoms with Crippen LogP contribution in [0.5, 0.6) is 5.75 Å². The average Bonchev–Trinajstić information content (AvgIpc) is 2.98. The van der Waals surface area contributed by atoms with Gasteiger partial charge in [-0.15, -0.1) is 0 Å². The first kappa shape index (κ1) is 16.2. The van der Waals surface area contributed by atoms with Gasteiger partial charge in [0.2, 0.25) is 0 Å². The fraction of sp³-hybridized carbons (Fsp3) is 0.200. The van der Waals surface area contributed by atoms with E-state index in [4.69, 9.17) is 9.15 Å². The van der Waals surface area contributed by atoms with E-state index in [1.807, 2.05) is 38.1 Å². The highest BCUT2D eigenvalue weighted by Crippen LogP contribution is 2.31. The Labute approximate surface area is 150 Å². The van der Waals surface area contributed by atoms with Gasteiger partial charge in [0.15, 0.2) is 6.61 Å². The van der Waals surface area contributed by atoms with Gasteiger partial charge in [-0.2, -0.15) is 0 Å². The van der Waals surface area contributed by atoms with E-state index in [0.717, 1.165) is 22.3 Å². The zero-order valence-electron chi connectivity index (χ0n) is 14.5. The molecule has 2 N–H and O–H groups in total. The van der Waals surface area contributed by atoms with Gasteiger partial charge in [0, 0.05) is 16.5 Å². The third-order valence-electron chi connectivity index (χ3n) is 4.50. The highest BCUT2D eigenvalue weighted by molar-refractivity contribution is 5.99. The molecule has 0 bridgehead atoms. The first-order valence-electron chi connectivity index (χ1n) is 8.38. The molecule has 0 spiro atoms. The lowest BCUT2D eigenvalue weighted by molar-refractivity contribution is -0.118. The summed E-state index contributed by atoms with van der Waals surface area (Å²) < 4.78 is 11.3. The highest BCUT2D eigenvalue weighted by atomic mass is 16.5. The van der Waals surface area contributed by atoms with Gasteiger partial charge >= 0.3 is 0 Å². The Balaban J connectivity index is 1.55. The molecule has 0 fully saturated rings. The molecule has 6 nitrogen and oxygen atoms in total. The molecule has 1 aliphatic heterocycles. The van der Waals surface area contributed by atoms with E-state index in [1.54, 1.807) is 18.2 Å². The zero-order chi connectivity index (χ0) is 18.3. The van der Waals surface area contributed by atoms with Crippen LogP contribution in [0.3, 0.4) is 0 Å². The molecule has 0 saturated heterocycles. The number of rotatable bonds is 3. The minimum Gasteiger partial charge on any atom is -0.482 e. The Morgan fingerprint density at radius 2 is 2.04 bits per heavy atom. The maximum absolute atomic E-state index is 12.6. The third kappa shape index (κ3) is 2.79. The molecule has 0 saturated carbocycles. The second-order valence-electron chi connectivity index (χ2n) is 6.33. The highest BCUT2D eigenvalue weighted by Gasteiger charge is 2.21. The van der Waals surface area contributed by atoms with Crippen molar-refractivity contribution in [2.75, 3.05) is 11.9 Å². The van der Waals surface area contributed by atoms with Gasteiger partial charge in [-0.3, -0.25) is 9.59 Å². The molecule has 0 radical (unpaired) electrons. The number of furan rings is 1. The topological polar surface area (TPSA) is 80.6 Å². The van der Waals surface area contributed by atoms with Crippen LogP contribution in [0.15, 0.2) is 46.9 Å². The molecule has 26 heavy (non-hydrogen) atoms. The lowest BCUT2D eigenvalue weighted by atomic mass is 10.1. The molecular formula is C20H18N2O4. The summed E-state index contributed by atoms with van der Waals surface area (Å²) in [4.78, 5) is 23.9. The van der Waals surface area contributed by atoms with E-state index in [2.05, 4.69) is 10.6 Å². The van der Waals surface area contributed by atoms with E-state index >= 15 is 0 Å². The normalized spacial score (nSPS) is 14.3. The molecule has 3 aromatic rings. The lowest BCUT2D eigenvalue weighted by Crippen LogP contribution is -2.28. The van der Waals surface area contributed by atoms with Gasteiger partial charge < -0.3 is 19.8 Å². The second-order valence-corrected chi connectivity index (χ2v) is 6.33. The van der Waals surface area contributed by atoms with Gasteiger partial charge in [0.1, 0.15) is 17.1 Å². The zero-order valence-corrected chi connectivity index (χ0v) is 14.5. The molecular weight excluding hydrogens is 332 g/mol. The Morgan fingerprint density at radius 3 is 2.85 bits per heavy atom. The summed E-state index contributed by atoms with van der Waals surface area (Å²) in [6.45, 7) is 3.82. The van der Waals surface area contributed by atoms with Gasteiger partial charge in [-0.1, -0.05) is 18.2 Å². The molecule has 132 valence electrons. The minimum absolute atomic E-state index is 0.0490. The summed E-state index contributed by atoms with van der Waals surface area (Å²) in [6, 6.07) is 12.5. The number of para-hydroxylation sites is 1. The van der Waals surface area contributed by atoms with E-state index in [0.29, 0.717) is 17.0 Å². The summed E-state index contributed by atoms with van der Waals surface area (Å²) in [5, 5.41) is 6.70. The van der Waals surface area contributed by atoms with Crippen molar-refractivity contribution in [3.8, 4) is 5.75 Å². The summed E-state index contributed by atoms with van der Waals surface area (Å²) in [7, 11) is 0. The molecule has 1 unspecified atom stereocenters. The number of amides is 2. The Hall–Kier alpha value is -3.28. The van der Waals surface area contributed by atoms with Crippen molar-refractivity contribution in [1.29, 1.82) is 0 Å². The molecule has 0 aliphatic carbocycles. The van der Waals surface area contributed by atoms with Crippen LogP contribution < -0.4 is 15.4 Å². The van der Waals surface area contributed by atoms with Crippen LogP contribution in [-0.4, -0.2) is 18.4 Å². The fourth-order valence-electron chi connectivity index (χ4n) is 3.17. The quantitative estimate of drug-likeness (QED) is 0.757. The fourth-order valence-corrected chi connectivity index (χ4v) is 3.17. The number of aryl methyl sites for hydroxylation is 1. The van der Waals surface area contributed by atoms with E-state index in [9.17, 15) is 9.59 Å². The summed E-state index contributed by atoms with van der Waals surface area (Å²) >= 11 is 0. The number of hydrogen-bond acceptors (Lipinski definition) is 4. The maximum Gasteiger partial charge on any atom is 0.262 e. The van der Waals surface area contributed by atoms with Gasteiger partial charge in [-0.25, -0.2) is 0 Å². The van der Waals surface area contributed by atoms with Crippen molar-refractivity contribution in [2.45, 2.75) is 19.9 Å². The first-order chi connectivity index (χ1) is 12.5. The minimum atomic E-state index is -0.286. The number of carbonyl (C=O) groups excluding carboxylic acids is 2. The number of nitrogens with one attached hydrogen (secondary N) is 2. The third-order valence-corrected chi connectivity index (χ3v) is 4.50. The van der Waals surface area contributed by atoms with Crippen LogP contribution in [0, 0.1) is 6.92 Å². The predicted octanol–water partition coefficient (Wildman–Crippen LogP) is 3.56. The first-order valence-corrected chi connectivity index (χ1v) is 8.38. The maximum atomic E-state index is 12.6. The Morgan fingerprint density at radius 1 is 1.23 bits per heavy atom. The molecule has 4 rings (SSSR count). The molecule has 1 aromatic heterocycles. The standard InChI is InChI=1S/C20H18N2O4/c1-11-14-5-3-4-6-16(14)26-19(11)12(2)21-20(24)13-7-8-15-17(9-13)25-10-18(23)22-15/h3-9,12H,10H2,1-2H3,(H,21,24)(H,22,23). The SMILES string of the molecule is Cc1c(C(C)NC(=O)c2ccc3c(c2)OCC(=O)N3)oc2ccccc12. The molecule has 2 amide bonds. The smallest absolute Gasteiger partial charge is 0.262 e. The molecule has 1 aliphatic rings. The van der Waals surface area contributed by atoms with Crippen molar-refractivity contribution >= 4 is 28.5 Å². The number of benzene rings is 2. The number of fused-ring (bicyclic) bond motifs is 2. The summed E-state index contributed by atoms with van der Waals surface area (Å²) in [5.41, 5.74) is 2.85. The van der Waals surface area contributed by atoms with Crippen molar-refractivity contribution < 1.29 is 18.7 Å². The van der Waals surface area contributed by atoms with E-state index < -0.39 is 0 Å². The number of ether oxygens (including phenoxy) is 1. The average molecular weight is 350 g/mol. The lowest BCUT2D eigenvalue weighted by Gasteiger charge is -2.19. The predicted molar refractivity (Wildman–Crippen MR) is 97.4 cm³/mol.